The Morgan fingerprint density at radius 2 is 2.00 bits per heavy atom. The molecule has 2 N–H and O–H groups in total. The van der Waals surface area contributed by atoms with Crippen molar-refractivity contribution in [1.82, 2.24) is 5.32 Å². The summed E-state index contributed by atoms with van der Waals surface area (Å²) in [6.07, 6.45) is 0.991. The number of aliphatic hydroxyl groups excluding tert-OH is 1. The summed E-state index contributed by atoms with van der Waals surface area (Å²) in [7, 11) is 0. The van der Waals surface area contributed by atoms with Gasteiger partial charge >= 0.3 is 0 Å². The van der Waals surface area contributed by atoms with E-state index < -0.39 is 0 Å². The third-order valence-corrected chi connectivity index (χ3v) is 3.69. The Morgan fingerprint density at radius 1 is 1.15 bits per heavy atom. The van der Waals surface area contributed by atoms with E-state index in [2.05, 4.69) is 17.4 Å². The van der Waals surface area contributed by atoms with Crippen molar-refractivity contribution in [2.75, 3.05) is 13.2 Å². The van der Waals surface area contributed by atoms with E-state index in [0.717, 1.165) is 30.9 Å². The van der Waals surface area contributed by atoms with Gasteiger partial charge in [-0.3, -0.25) is 0 Å². The zero-order chi connectivity index (χ0) is 13.8. The van der Waals surface area contributed by atoms with E-state index in [4.69, 9.17) is 4.74 Å². The fraction of sp³-hybridized carbons (Fsp3) is 0.294. The van der Waals surface area contributed by atoms with E-state index in [1.807, 2.05) is 36.4 Å². The lowest BCUT2D eigenvalue weighted by atomic mass is 10.1. The van der Waals surface area contributed by atoms with E-state index in [9.17, 15) is 5.11 Å². The van der Waals surface area contributed by atoms with Gasteiger partial charge in [0.25, 0.3) is 0 Å². The molecule has 3 heteroatoms. The molecule has 0 aromatic heterocycles. The summed E-state index contributed by atoms with van der Waals surface area (Å²) in [5.41, 5.74) is 3.62. The quantitative estimate of drug-likeness (QED) is 0.876. The predicted octanol–water partition coefficient (Wildman–Crippen LogP) is 2.44. The van der Waals surface area contributed by atoms with Crippen molar-refractivity contribution in [3.63, 3.8) is 0 Å². The summed E-state index contributed by atoms with van der Waals surface area (Å²) in [4.78, 5) is 0. The molecule has 1 atom stereocenters. The highest BCUT2D eigenvalue weighted by atomic mass is 16.5. The minimum atomic E-state index is -0.0271. The monoisotopic (exact) mass is 269 g/mol. The summed E-state index contributed by atoms with van der Waals surface area (Å²) in [5, 5.41) is 12.9. The molecule has 1 heterocycles. The Morgan fingerprint density at radius 3 is 2.80 bits per heavy atom. The van der Waals surface area contributed by atoms with Crippen LogP contribution in [0.15, 0.2) is 48.5 Å². The van der Waals surface area contributed by atoms with Crippen molar-refractivity contribution in [2.45, 2.75) is 19.0 Å². The van der Waals surface area contributed by atoms with Crippen LogP contribution in [0.3, 0.4) is 0 Å². The van der Waals surface area contributed by atoms with Crippen LogP contribution in [0.2, 0.25) is 0 Å². The predicted molar refractivity (Wildman–Crippen MR) is 78.7 cm³/mol. The van der Waals surface area contributed by atoms with Gasteiger partial charge in [-0.1, -0.05) is 42.5 Å². The average Bonchev–Trinajstić information content (AvgIpc) is 2.96. The molecule has 3 rings (SSSR count). The largest absolute Gasteiger partial charge is 0.493 e. The highest BCUT2D eigenvalue weighted by molar-refractivity contribution is 5.39. The van der Waals surface area contributed by atoms with Gasteiger partial charge in [-0.05, 0) is 22.8 Å². The van der Waals surface area contributed by atoms with Gasteiger partial charge < -0.3 is 15.2 Å². The standard InChI is InChI=1S/C17H19NO2/c19-12-16(14-4-2-1-3-5-14)18-11-13-6-7-17-15(10-13)8-9-20-17/h1-7,10,16,18-19H,8-9,11-12H2. The zero-order valence-corrected chi connectivity index (χ0v) is 11.4. The molecule has 0 fully saturated rings. The smallest absolute Gasteiger partial charge is 0.122 e. The Labute approximate surface area is 119 Å². The second-order valence-corrected chi connectivity index (χ2v) is 5.07. The van der Waals surface area contributed by atoms with E-state index in [-0.39, 0.29) is 12.6 Å². The molecule has 0 amide bonds. The SMILES string of the molecule is OCC(NCc1ccc2c(c1)CCO2)c1ccccc1. The molecule has 104 valence electrons. The van der Waals surface area contributed by atoms with Crippen LogP contribution in [0.25, 0.3) is 0 Å². The van der Waals surface area contributed by atoms with Crippen molar-refractivity contribution in [3.05, 3.63) is 65.2 Å². The van der Waals surface area contributed by atoms with Crippen molar-refractivity contribution in [1.29, 1.82) is 0 Å². The zero-order valence-electron chi connectivity index (χ0n) is 11.4. The maximum Gasteiger partial charge on any atom is 0.122 e. The van der Waals surface area contributed by atoms with E-state index in [1.165, 1.54) is 11.1 Å². The fourth-order valence-corrected chi connectivity index (χ4v) is 2.56. The Hall–Kier alpha value is -1.84. The van der Waals surface area contributed by atoms with Crippen molar-refractivity contribution in [3.8, 4) is 5.75 Å². The maximum absolute atomic E-state index is 9.53. The first-order valence-electron chi connectivity index (χ1n) is 7.00. The molecule has 1 unspecified atom stereocenters. The van der Waals surface area contributed by atoms with Gasteiger partial charge in [0.2, 0.25) is 0 Å². The summed E-state index contributed by atoms with van der Waals surface area (Å²) >= 11 is 0. The second-order valence-electron chi connectivity index (χ2n) is 5.07. The first kappa shape index (κ1) is 13.2. The van der Waals surface area contributed by atoms with Crippen molar-refractivity contribution >= 4 is 0 Å². The Bertz CT molecular complexity index is 568. The van der Waals surface area contributed by atoms with Gasteiger partial charge in [0.05, 0.1) is 19.3 Å². The Kier molecular flexibility index (Phi) is 4.00. The molecule has 20 heavy (non-hydrogen) atoms. The second kappa shape index (κ2) is 6.07. The first-order chi connectivity index (χ1) is 9.86. The van der Waals surface area contributed by atoms with Crippen LogP contribution >= 0.6 is 0 Å². The number of hydrogen-bond donors (Lipinski definition) is 2. The third kappa shape index (κ3) is 2.84. The van der Waals surface area contributed by atoms with E-state index >= 15 is 0 Å². The minimum Gasteiger partial charge on any atom is -0.493 e. The molecule has 2 aromatic carbocycles. The van der Waals surface area contributed by atoms with Gasteiger partial charge in [-0.15, -0.1) is 0 Å². The minimum absolute atomic E-state index is 0.0271. The molecule has 0 aliphatic carbocycles. The molecule has 0 saturated heterocycles. The van der Waals surface area contributed by atoms with Gasteiger partial charge in [0.1, 0.15) is 5.75 Å². The highest BCUT2D eigenvalue weighted by Gasteiger charge is 2.13. The molecule has 0 saturated carbocycles. The number of fused-ring (bicyclic) bond motifs is 1. The topological polar surface area (TPSA) is 41.5 Å². The molecule has 0 radical (unpaired) electrons. The number of ether oxygens (including phenoxy) is 1. The lowest BCUT2D eigenvalue weighted by molar-refractivity contribution is 0.243. The number of nitrogens with one attached hydrogen (secondary N) is 1. The van der Waals surface area contributed by atoms with Crippen LogP contribution in [0.5, 0.6) is 5.75 Å². The van der Waals surface area contributed by atoms with Crippen LogP contribution in [0.1, 0.15) is 22.7 Å². The van der Waals surface area contributed by atoms with Crippen molar-refractivity contribution in [2.24, 2.45) is 0 Å². The summed E-state index contributed by atoms with van der Waals surface area (Å²) < 4.78 is 5.51. The van der Waals surface area contributed by atoms with Crippen LogP contribution < -0.4 is 10.1 Å². The third-order valence-electron chi connectivity index (χ3n) is 3.69. The maximum atomic E-state index is 9.53. The summed E-state index contributed by atoms with van der Waals surface area (Å²) in [6, 6.07) is 16.3. The molecular weight excluding hydrogens is 250 g/mol. The molecule has 3 nitrogen and oxygen atoms in total. The van der Waals surface area contributed by atoms with E-state index in [1.54, 1.807) is 0 Å². The van der Waals surface area contributed by atoms with Crippen LogP contribution in [0, 0.1) is 0 Å². The van der Waals surface area contributed by atoms with Crippen LogP contribution in [-0.4, -0.2) is 18.3 Å². The van der Waals surface area contributed by atoms with Crippen LogP contribution in [-0.2, 0) is 13.0 Å². The van der Waals surface area contributed by atoms with Crippen LogP contribution in [0.4, 0.5) is 0 Å². The van der Waals surface area contributed by atoms with Gasteiger partial charge in [0, 0.05) is 13.0 Å². The first-order valence-corrected chi connectivity index (χ1v) is 7.00. The molecular formula is C17H19NO2. The van der Waals surface area contributed by atoms with Gasteiger partial charge in [0.15, 0.2) is 0 Å². The summed E-state index contributed by atoms with van der Waals surface area (Å²) in [6.45, 7) is 1.63. The van der Waals surface area contributed by atoms with E-state index in [0.29, 0.717) is 0 Å². The lowest BCUT2D eigenvalue weighted by Crippen LogP contribution is -2.23. The number of aliphatic hydroxyl groups is 1. The molecule has 0 bridgehead atoms. The van der Waals surface area contributed by atoms with Crippen molar-refractivity contribution < 1.29 is 9.84 Å². The van der Waals surface area contributed by atoms with Gasteiger partial charge in [-0.25, -0.2) is 0 Å². The Balaban J connectivity index is 1.66. The molecule has 0 spiro atoms. The number of hydrogen-bond acceptors (Lipinski definition) is 3. The number of rotatable bonds is 5. The normalized spacial score (nSPS) is 14.7. The average molecular weight is 269 g/mol. The summed E-state index contributed by atoms with van der Waals surface area (Å²) in [5.74, 6) is 1.01. The molecule has 1 aliphatic rings. The molecule has 2 aromatic rings. The lowest BCUT2D eigenvalue weighted by Gasteiger charge is -2.17. The highest BCUT2D eigenvalue weighted by Crippen LogP contribution is 2.26. The molecule has 1 aliphatic heterocycles. The number of benzene rings is 2. The fourth-order valence-electron chi connectivity index (χ4n) is 2.56. The van der Waals surface area contributed by atoms with Gasteiger partial charge in [-0.2, -0.15) is 0 Å².